The highest BCUT2D eigenvalue weighted by Gasteiger charge is 2.19. The van der Waals surface area contributed by atoms with E-state index < -0.39 is 6.10 Å². The summed E-state index contributed by atoms with van der Waals surface area (Å²) in [6.07, 6.45) is 81.1. The van der Waals surface area contributed by atoms with Gasteiger partial charge in [0.15, 0.2) is 6.10 Å². The molecule has 428 valence electrons. The van der Waals surface area contributed by atoms with Crippen LogP contribution in [-0.2, 0) is 28.6 Å². The van der Waals surface area contributed by atoms with Crippen molar-refractivity contribution < 1.29 is 28.6 Å². The van der Waals surface area contributed by atoms with E-state index in [1.807, 2.05) is 12.2 Å². The van der Waals surface area contributed by atoms with Crippen molar-refractivity contribution in [3.63, 3.8) is 0 Å². The Morgan fingerprint density at radius 1 is 0.284 bits per heavy atom. The Morgan fingerprint density at radius 2 is 0.581 bits per heavy atom. The Bertz CT molecular complexity index is 1370. The number of hydrogen-bond acceptors (Lipinski definition) is 6. The number of ether oxygens (including phenoxy) is 3. The molecule has 1 atom stereocenters. The van der Waals surface area contributed by atoms with E-state index in [1.165, 1.54) is 193 Å². The number of carbonyl (C=O) groups excluding carboxylic acids is 3. The molecule has 74 heavy (non-hydrogen) atoms. The summed E-state index contributed by atoms with van der Waals surface area (Å²) >= 11 is 0. The van der Waals surface area contributed by atoms with E-state index in [2.05, 4.69) is 81.5 Å². The molecule has 0 aliphatic carbocycles. The summed E-state index contributed by atoms with van der Waals surface area (Å²) in [7, 11) is 0. The second-order valence-electron chi connectivity index (χ2n) is 21.3. The highest BCUT2D eigenvalue weighted by molar-refractivity contribution is 5.71. The van der Waals surface area contributed by atoms with Crippen LogP contribution in [0.4, 0.5) is 0 Å². The van der Waals surface area contributed by atoms with Gasteiger partial charge in [-0.05, 0) is 89.9 Å². The maximum atomic E-state index is 12.8. The van der Waals surface area contributed by atoms with E-state index in [9.17, 15) is 14.4 Å². The monoisotopic (exact) mass is 1030 g/mol. The molecule has 6 nitrogen and oxygen atoms in total. The zero-order chi connectivity index (χ0) is 53.6. The summed E-state index contributed by atoms with van der Waals surface area (Å²) in [5.74, 6) is -0.989. The van der Waals surface area contributed by atoms with Gasteiger partial charge in [0.2, 0.25) is 0 Å². The fraction of sp³-hybridized carbons (Fsp3) is 0.779. The highest BCUT2D eigenvalue weighted by atomic mass is 16.6. The van der Waals surface area contributed by atoms with E-state index in [1.54, 1.807) is 0 Å². The standard InChI is InChI=1S/C68H120O6/c1-4-7-10-13-16-19-22-24-25-26-27-28-29-30-31-32-33-34-35-36-37-38-39-40-41-42-43-45-46-49-52-55-58-61-67(70)73-64-65(63-72-66(69)60-57-54-51-48-21-18-15-12-9-6-3)74-68(71)62-59-56-53-50-47-44-23-20-17-14-11-8-5-2/h8,11-12,15,17,20,26-27,44,47,53,56,65H,4-7,9-10,13-14,16,18-19,21-25,28-43,45-46,48-52,54-55,57-64H2,1-3H3/b11-8-,15-12-,20-17-,27-26-,47-44-,56-53-. The lowest BCUT2D eigenvalue weighted by atomic mass is 10.0. The van der Waals surface area contributed by atoms with Gasteiger partial charge in [-0.1, -0.05) is 286 Å². The maximum Gasteiger partial charge on any atom is 0.306 e. The van der Waals surface area contributed by atoms with Crippen LogP contribution in [0.2, 0.25) is 0 Å². The van der Waals surface area contributed by atoms with Gasteiger partial charge in [-0.15, -0.1) is 0 Å². The molecule has 0 saturated carbocycles. The van der Waals surface area contributed by atoms with Crippen LogP contribution in [0.25, 0.3) is 0 Å². The molecular weight excluding hydrogens is 913 g/mol. The van der Waals surface area contributed by atoms with Crippen molar-refractivity contribution in [2.24, 2.45) is 0 Å². The lowest BCUT2D eigenvalue weighted by molar-refractivity contribution is -0.166. The highest BCUT2D eigenvalue weighted by Crippen LogP contribution is 2.17. The van der Waals surface area contributed by atoms with Crippen molar-refractivity contribution in [1.82, 2.24) is 0 Å². The average Bonchev–Trinajstić information content (AvgIpc) is 3.40. The molecule has 0 bridgehead atoms. The minimum atomic E-state index is -0.814. The molecule has 0 rings (SSSR count). The van der Waals surface area contributed by atoms with Crippen LogP contribution < -0.4 is 0 Å². The zero-order valence-corrected chi connectivity index (χ0v) is 49.1. The van der Waals surface area contributed by atoms with E-state index >= 15 is 0 Å². The molecule has 0 aliphatic rings. The molecule has 0 aromatic carbocycles. The summed E-state index contributed by atoms with van der Waals surface area (Å²) < 4.78 is 16.7. The molecule has 1 unspecified atom stereocenters. The smallest absolute Gasteiger partial charge is 0.306 e. The Kier molecular flexibility index (Phi) is 59.7. The lowest BCUT2D eigenvalue weighted by Crippen LogP contribution is -2.30. The van der Waals surface area contributed by atoms with Gasteiger partial charge in [-0.2, -0.15) is 0 Å². The van der Waals surface area contributed by atoms with Gasteiger partial charge in [0.25, 0.3) is 0 Å². The second kappa shape index (κ2) is 62.4. The van der Waals surface area contributed by atoms with Crippen LogP contribution in [0.15, 0.2) is 72.9 Å². The summed E-state index contributed by atoms with van der Waals surface area (Å²) in [6, 6.07) is 0. The summed E-state index contributed by atoms with van der Waals surface area (Å²) in [5, 5.41) is 0. The minimum absolute atomic E-state index is 0.104. The molecular formula is C68H120O6. The van der Waals surface area contributed by atoms with Crippen LogP contribution in [0.1, 0.15) is 323 Å². The van der Waals surface area contributed by atoms with Gasteiger partial charge in [-0.3, -0.25) is 14.4 Å². The van der Waals surface area contributed by atoms with Crippen molar-refractivity contribution in [2.45, 2.75) is 329 Å². The van der Waals surface area contributed by atoms with Gasteiger partial charge < -0.3 is 14.2 Å². The number of hydrogen-bond donors (Lipinski definition) is 0. The predicted octanol–water partition coefficient (Wildman–Crippen LogP) is 21.7. The fourth-order valence-corrected chi connectivity index (χ4v) is 9.16. The first-order valence-corrected chi connectivity index (χ1v) is 31.9. The summed E-state index contributed by atoms with van der Waals surface area (Å²) in [5.41, 5.74) is 0. The average molecular weight is 1030 g/mol. The topological polar surface area (TPSA) is 78.9 Å². The Morgan fingerprint density at radius 3 is 0.932 bits per heavy atom. The first kappa shape index (κ1) is 70.8. The van der Waals surface area contributed by atoms with Crippen molar-refractivity contribution in [3.05, 3.63) is 72.9 Å². The van der Waals surface area contributed by atoms with Crippen LogP contribution in [0.3, 0.4) is 0 Å². The SMILES string of the molecule is CC/C=C\C/C=C\C/C=C\C/C=C\CCC(=O)OC(COC(=O)CCCCCCC/C=C\CCC)COC(=O)CCCCCCCCCCCCCCCCCCCCCCC/C=C\CCCCCCCCCC. The van der Waals surface area contributed by atoms with Crippen molar-refractivity contribution in [2.75, 3.05) is 13.2 Å². The van der Waals surface area contributed by atoms with Gasteiger partial charge >= 0.3 is 17.9 Å². The first-order valence-electron chi connectivity index (χ1n) is 31.9. The zero-order valence-electron chi connectivity index (χ0n) is 49.1. The largest absolute Gasteiger partial charge is 0.462 e. The van der Waals surface area contributed by atoms with E-state index in [4.69, 9.17) is 14.2 Å². The third-order valence-corrected chi connectivity index (χ3v) is 13.9. The van der Waals surface area contributed by atoms with Gasteiger partial charge in [0, 0.05) is 19.3 Å². The molecule has 0 saturated heterocycles. The Balaban J connectivity index is 4.05. The molecule has 0 aliphatic heterocycles. The normalized spacial score (nSPS) is 12.5. The van der Waals surface area contributed by atoms with E-state index in [0.29, 0.717) is 19.3 Å². The molecule has 0 heterocycles. The van der Waals surface area contributed by atoms with Crippen LogP contribution in [0.5, 0.6) is 0 Å². The first-order chi connectivity index (χ1) is 36.5. The van der Waals surface area contributed by atoms with Crippen LogP contribution >= 0.6 is 0 Å². The number of unbranched alkanes of at least 4 members (excludes halogenated alkanes) is 35. The maximum absolute atomic E-state index is 12.8. The fourth-order valence-electron chi connectivity index (χ4n) is 9.16. The molecule has 0 N–H and O–H groups in total. The molecule has 0 aromatic heterocycles. The Labute approximate surface area is 459 Å². The molecule has 0 amide bonds. The third kappa shape index (κ3) is 59.7. The number of rotatable bonds is 58. The number of carbonyl (C=O) groups is 3. The lowest BCUT2D eigenvalue weighted by Gasteiger charge is -2.18. The quantitative estimate of drug-likeness (QED) is 0.0261. The molecule has 6 heteroatoms. The summed E-state index contributed by atoms with van der Waals surface area (Å²) in [6.45, 7) is 6.42. The minimum Gasteiger partial charge on any atom is -0.462 e. The second-order valence-corrected chi connectivity index (χ2v) is 21.3. The van der Waals surface area contributed by atoms with Gasteiger partial charge in [0.1, 0.15) is 13.2 Å². The number of allylic oxidation sites excluding steroid dienone is 12. The molecule has 0 spiro atoms. The van der Waals surface area contributed by atoms with E-state index in [0.717, 1.165) is 83.5 Å². The number of esters is 3. The van der Waals surface area contributed by atoms with Crippen LogP contribution in [-0.4, -0.2) is 37.2 Å². The van der Waals surface area contributed by atoms with Gasteiger partial charge in [0.05, 0.1) is 0 Å². The van der Waals surface area contributed by atoms with Crippen LogP contribution in [0, 0.1) is 0 Å². The Hall–Kier alpha value is -3.15. The molecule has 0 fully saturated rings. The van der Waals surface area contributed by atoms with E-state index in [-0.39, 0.29) is 37.5 Å². The summed E-state index contributed by atoms with van der Waals surface area (Å²) in [4.78, 5) is 38.0. The van der Waals surface area contributed by atoms with Gasteiger partial charge in [-0.25, -0.2) is 0 Å². The predicted molar refractivity (Wildman–Crippen MR) is 321 cm³/mol. The van der Waals surface area contributed by atoms with Crippen molar-refractivity contribution >= 4 is 17.9 Å². The third-order valence-electron chi connectivity index (χ3n) is 13.9. The molecule has 0 radical (unpaired) electrons. The molecule has 0 aromatic rings. The van der Waals surface area contributed by atoms with Crippen molar-refractivity contribution in [3.8, 4) is 0 Å². The van der Waals surface area contributed by atoms with Crippen molar-refractivity contribution in [1.29, 1.82) is 0 Å².